The molecule has 6 aromatic carbocycles. The minimum atomic E-state index is -1.17. The van der Waals surface area contributed by atoms with Gasteiger partial charge in [-0.25, -0.2) is 0 Å². The van der Waals surface area contributed by atoms with Crippen LogP contribution >= 0.6 is 17.0 Å². The van der Waals surface area contributed by atoms with Gasteiger partial charge >= 0.3 is 37.9 Å². The Labute approximate surface area is 313 Å². The van der Waals surface area contributed by atoms with Crippen LogP contribution in [0.15, 0.2) is 133 Å². The third kappa shape index (κ3) is 13.2. The molecule has 0 saturated carbocycles. The molecule has 0 atom stereocenters. The summed E-state index contributed by atoms with van der Waals surface area (Å²) in [6.45, 7) is 18.5. The molecule has 6 rings (SSSR count). The van der Waals surface area contributed by atoms with Gasteiger partial charge in [0.25, 0.3) is 0 Å². The van der Waals surface area contributed by atoms with Gasteiger partial charge < -0.3 is 0 Å². The van der Waals surface area contributed by atoms with Crippen LogP contribution < -0.4 is 0 Å². The molecule has 0 saturated heterocycles. The Kier molecular flexibility index (Phi) is 16.5. The van der Waals surface area contributed by atoms with E-state index in [1.165, 1.54) is 54.9 Å². The number of hydrogen-bond acceptors (Lipinski definition) is 0. The van der Waals surface area contributed by atoms with E-state index in [0.29, 0.717) is 0 Å². The summed E-state index contributed by atoms with van der Waals surface area (Å²) in [5, 5.41) is 5.36. The Morgan fingerprint density at radius 2 is 0.875 bits per heavy atom. The summed E-state index contributed by atoms with van der Waals surface area (Å²) in [5.41, 5.74) is 12.7. The van der Waals surface area contributed by atoms with E-state index in [-0.39, 0.29) is 0 Å². The van der Waals surface area contributed by atoms with Crippen molar-refractivity contribution in [3.63, 3.8) is 0 Å². The monoisotopic (exact) mass is 796 g/mol. The molecule has 0 aliphatic carbocycles. The molecule has 0 aliphatic heterocycles. The van der Waals surface area contributed by atoms with Gasteiger partial charge in [-0.15, -0.1) is 69.1 Å². The van der Waals surface area contributed by atoms with Gasteiger partial charge in [0.1, 0.15) is 0 Å². The van der Waals surface area contributed by atoms with Gasteiger partial charge in [-0.05, 0) is 0 Å². The van der Waals surface area contributed by atoms with E-state index in [2.05, 4.69) is 197 Å². The molecule has 0 bridgehead atoms. The fourth-order valence-corrected chi connectivity index (χ4v) is 6.44. The van der Waals surface area contributed by atoms with Crippen LogP contribution in [0, 0.1) is 0 Å². The maximum atomic E-state index is 4.93. The van der Waals surface area contributed by atoms with Crippen LogP contribution in [0.1, 0.15) is 11.1 Å². The van der Waals surface area contributed by atoms with Gasteiger partial charge in [0.15, 0.2) is 0 Å². The molecule has 6 aromatic rings. The molecule has 0 unspecified atom stereocenters. The van der Waals surface area contributed by atoms with Gasteiger partial charge in [-0.3, -0.25) is 0 Å². The van der Waals surface area contributed by atoms with E-state index in [1.54, 1.807) is 0 Å². The van der Waals surface area contributed by atoms with Crippen LogP contribution in [-0.2, 0) is 20.8 Å². The standard InChI is InChI=1S/2C20H21Si.C2H6Si.2ClH.Zr/c2*1-21(2,3)13-12-17-10-7-11-18-14-19(15-20(17)18)16-8-5-4-6-9-16;1-3-2;;;/h2*4-15H,1-3H3;1-2H3;2*1H;/q2*-1;;;;+4/p-2. The predicted octanol–water partition coefficient (Wildman–Crippen LogP) is 14.4. The number of benzene rings is 4. The van der Waals surface area contributed by atoms with Crippen molar-refractivity contribution in [3.8, 4) is 22.3 Å². The Morgan fingerprint density at radius 1 is 0.542 bits per heavy atom. The summed E-state index contributed by atoms with van der Waals surface area (Å²) < 4.78 is 0. The van der Waals surface area contributed by atoms with Crippen LogP contribution in [0.4, 0.5) is 0 Å². The third-order valence-electron chi connectivity index (χ3n) is 7.31. The first-order valence-corrected chi connectivity index (χ1v) is 31.8. The molecule has 48 heavy (non-hydrogen) atoms. The van der Waals surface area contributed by atoms with Crippen molar-refractivity contribution in [2.45, 2.75) is 52.4 Å². The first-order chi connectivity index (χ1) is 22.9. The van der Waals surface area contributed by atoms with Crippen molar-refractivity contribution in [3.05, 3.63) is 144 Å². The molecule has 6 heteroatoms. The quantitative estimate of drug-likeness (QED) is 0.116. The fraction of sp³-hybridized carbons (Fsp3) is 0.190. The molecule has 2 radical (unpaired) electrons. The Morgan fingerprint density at radius 3 is 1.19 bits per heavy atom. The van der Waals surface area contributed by atoms with Crippen LogP contribution in [0.2, 0.25) is 52.4 Å². The van der Waals surface area contributed by atoms with Crippen LogP contribution in [0.25, 0.3) is 56.0 Å². The number of halogens is 2. The first kappa shape index (κ1) is 40.1. The van der Waals surface area contributed by atoms with Crippen molar-refractivity contribution in [1.29, 1.82) is 0 Å². The average Bonchev–Trinajstić information content (AvgIpc) is 3.70. The normalized spacial score (nSPS) is 11.4. The van der Waals surface area contributed by atoms with Crippen LogP contribution in [0.3, 0.4) is 0 Å². The molecule has 0 heterocycles. The predicted molar refractivity (Wildman–Crippen MR) is 224 cm³/mol. The topological polar surface area (TPSA) is 0 Å². The van der Waals surface area contributed by atoms with Gasteiger partial charge in [-0.1, -0.05) is 183 Å². The zero-order chi connectivity index (χ0) is 35.2. The fourth-order valence-electron chi connectivity index (χ4n) is 5.08. The summed E-state index contributed by atoms with van der Waals surface area (Å²) in [4.78, 5) is 0. The van der Waals surface area contributed by atoms with Crippen molar-refractivity contribution < 1.29 is 20.8 Å². The molecule has 0 nitrogen and oxygen atoms in total. The van der Waals surface area contributed by atoms with E-state index < -0.39 is 37.0 Å². The maximum absolute atomic E-state index is 4.93. The Balaban J connectivity index is 0.000000224. The van der Waals surface area contributed by atoms with Crippen molar-refractivity contribution in [2.75, 3.05) is 0 Å². The molecule has 0 fully saturated rings. The molecule has 246 valence electrons. The van der Waals surface area contributed by atoms with Gasteiger partial charge in [-0.2, -0.15) is 0 Å². The van der Waals surface area contributed by atoms with Crippen molar-refractivity contribution in [1.82, 2.24) is 0 Å². The Hall–Kier alpha value is -2.31. The number of hydrogen-bond donors (Lipinski definition) is 0. The van der Waals surface area contributed by atoms with Crippen molar-refractivity contribution in [2.24, 2.45) is 0 Å². The zero-order valence-electron chi connectivity index (χ0n) is 29.6. The molecular formula is C42H48Cl2Si3Zr. The van der Waals surface area contributed by atoms with E-state index in [1.807, 2.05) is 0 Å². The van der Waals surface area contributed by atoms with Crippen molar-refractivity contribution >= 4 is 76.4 Å². The Bertz CT molecular complexity index is 1730. The minimum absolute atomic E-state index is 0.826. The summed E-state index contributed by atoms with van der Waals surface area (Å²) in [6.07, 6.45) is 4.62. The zero-order valence-corrected chi connectivity index (χ0v) is 36.6. The van der Waals surface area contributed by atoms with Gasteiger partial charge in [0, 0.05) is 9.52 Å². The van der Waals surface area contributed by atoms with E-state index in [4.69, 9.17) is 17.0 Å². The number of rotatable bonds is 6. The summed E-state index contributed by atoms with van der Waals surface area (Å²) >= 11 is -0.826. The van der Waals surface area contributed by atoms with E-state index in [9.17, 15) is 0 Å². The SMILES string of the molecule is C[Si](C)(C)C=Cc1cccc2[cH-]c(-c3ccccc3)cc12.C[Si](C)(C)C=Cc1cccc2[cH-]c(-c3ccccc3)cc12.C[Si]C.[Cl][Zr+2][Cl]. The molecule has 0 aromatic heterocycles. The van der Waals surface area contributed by atoms with Gasteiger partial charge in [0.2, 0.25) is 0 Å². The molecular weight excluding hydrogens is 751 g/mol. The second-order valence-electron chi connectivity index (χ2n) is 13.9. The molecule has 0 N–H and O–H groups in total. The van der Waals surface area contributed by atoms with E-state index in [0.717, 1.165) is 9.52 Å². The average molecular weight is 799 g/mol. The third-order valence-corrected chi connectivity index (χ3v) is 9.64. The second kappa shape index (κ2) is 19.8. The van der Waals surface area contributed by atoms with Crippen LogP contribution in [-0.4, -0.2) is 25.7 Å². The van der Waals surface area contributed by atoms with Gasteiger partial charge in [0.05, 0.1) is 16.1 Å². The van der Waals surface area contributed by atoms with Crippen LogP contribution in [0.5, 0.6) is 0 Å². The number of fused-ring (bicyclic) bond motifs is 2. The summed E-state index contributed by atoms with van der Waals surface area (Å²) in [6, 6.07) is 43.6. The molecule has 0 spiro atoms. The summed E-state index contributed by atoms with van der Waals surface area (Å²) in [5.74, 6) is 0. The molecule has 0 aliphatic rings. The van der Waals surface area contributed by atoms with E-state index >= 15 is 0 Å². The molecule has 0 amide bonds. The summed E-state index contributed by atoms with van der Waals surface area (Å²) in [7, 11) is 8.62. The first-order valence-electron chi connectivity index (χ1n) is 16.3. The second-order valence-corrected chi connectivity index (χ2v) is 28.8.